The number of carbonyl (C=O) groups is 2. The van der Waals surface area contributed by atoms with Gasteiger partial charge in [0.2, 0.25) is 0 Å². The molecule has 0 N–H and O–H groups in total. The first-order valence-electron chi connectivity index (χ1n) is 7.58. The van der Waals surface area contributed by atoms with Gasteiger partial charge in [0.1, 0.15) is 17.1 Å². The van der Waals surface area contributed by atoms with Crippen LogP contribution >= 0.6 is 0 Å². The van der Waals surface area contributed by atoms with Crippen molar-refractivity contribution in [3.63, 3.8) is 0 Å². The number of allylic oxidation sites excluding steroid dienone is 2. The molecule has 24 heavy (non-hydrogen) atoms. The summed E-state index contributed by atoms with van der Waals surface area (Å²) in [5.74, 6) is 0.140. The molecule has 1 aliphatic heterocycles. The van der Waals surface area contributed by atoms with Crippen molar-refractivity contribution in [2.75, 3.05) is 7.11 Å². The average Bonchev–Trinajstić information content (AvgIpc) is 3.01. The highest BCUT2D eigenvalue weighted by Crippen LogP contribution is 2.38. The maximum atomic E-state index is 12.2. The first-order chi connectivity index (χ1) is 11.3. The second-order valence-electron chi connectivity index (χ2n) is 5.95. The molecular weight excluding hydrogens is 308 g/mol. The summed E-state index contributed by atoms with van der Waals surface area (Å²) >= 11 is 0. The molecule has 124 valence electrons. The zero-order chi connectivity index (χ0) is 17.6. The van der Waals surface area contributed by atoms with Crippen molar-refractivity contribution in [2.45, 2.75) is 27.7 Å². The van der Waals surface area contributed by atoms with Crippen molar-refractivity contribution in [2.24, 2.45) is 0 Å². The van der Waals surface area contributed by atoms with Crippen LogP contribution in [0.5, 0.6) is 5.75 Å². The van der Waals surface area contributed by atoms with Crippen LogP contribution in [0, 0.1) is 6.92 Å². The van der Waals surface area contributed by atoms with Crippen molar-refractivity contribution < 1.29 is 23.5 Å². The van der Waals surface area contributed by atoms with Gasteiger partial charge in [-0.05, 0) is 51.5 Å². The number of aryl methyl sites for hydroxylation is 1. The molecule has 1 aromatic heterocycles. The average molecular weight is 326 g/mol. The van der Waals surface area contributed by atoms with Crippen LogP contribution in [0.15, 0.2) is 39.3 Å². The highest BCUT2D eigenvalue weighted by Gasteiger charge is 2.37. The quantitative estimate of drug-likeness (QED) is 0.475. The third kappa shape index (κ3) is 2.33. The normalized spacial score (nSPS) is 16.6. The summed E-state index contributed by atoms with van der Waals surface area (Å²) in [5, 5.41) is 0.831. The molecule has 2 aromatic rings. The molecule has 1 fully saturated rings. The van der Waals surface area contributed by atoms with E-state index >= 15 is 0 Å². The number of fused-ring (bicyclic) bond motifs is 1. The third-order valence-electron chi connectivity index (χ3n) is 4.16. The predicted octanol–water partition coefficient (Wildman–Crippen LogP) is 3.94. The molecule has 2 heterocycles. The summed E-state index contributed by atoms with van der Waals surface area (Å²) in [7, 11) is 1.59. The Bertz CT molecular complexity index is 936. The van der Waals surface area contributed by atoms with Gasteiger partial charge in [0.05, 0.1) is 18.3 Å². The van der Waals surface area contributed by atoms with E-state index in [1.807, 2.05) is 25.1 Å². The molecule has 1 aromatic carbocycles. The Balaban J connectivity index is 2.34. The van der Waals surface area contributed by atoms with Crippen molar-refractivity contribution in [1.29, 1.82) is 0 Å². The number of benzene rings is 1. The first-order valence-corrected chi connectivity index (χ1v) is 7.58. The van der Waals surface area contributed by atoms with E-state index in [1.165, 1.54) is 0 Å². The Hall–Kier alpha value is -2.82. The van der Waals surface area contributed by atoms with Gasteiger partial charge in [0.25, 0.3) is 0 Å². The van der Waals surface area contributed by atoms with Gasteiger partial charge in [-0.2, -0.15) is 0 Å². The first kappa shape index (κ1) is 16.1. The summed E-state index contributed by atoms with van der Waals surface area (Å²) in [6, 6.07) is 5.49. The number of ether oxygens (including phenoxy) is 2. The molecular formula is C19H18O5. The van der Waals surface area contributed by atoms with E-state index in [2.05, 4.69) is 0 Å². The molecule has 0 aliphatic carbocycles. The summed E-state index contributed by atoms with van der Waals surface area (Å²) in [4.78, 5) is 24.2. The Morgan fingerprint density at radius 3 is 2.33 bits per heavy atom. The topological polar surface area (TPSA) is 65.7 Å². The second-order valence-corrected chi connectivity index (χ2v) is 5.95. The lowest BCUT2D eigenvalue weighted by Gasteiger charge is -2.06. The van der Waals surface area contributed by atoms with E-state index in [9.17, 15) is 9.59 Å². The van der Waals surface area contributed by atoms with Crippen molar-refractivity contribution >= 4 is 28.5 Å². The molecule has 0 bridgehead atoms. The predicted molar refractivity (Wildman–Crippen MR) is 89.6 cm³/mol. The summed E-state index contributed by atoms with van der Waals surface area (Å²) < 4.78 is 15.9. The van der Waals surface area contributed by atoms with Crippen molar-refractivity contribution in [3.05, 3.63) is 46.2 Å². The molecule has 0 saturated carbocycles. The highest BCUT2D eigenvalue weighted by molar-refractivity contribution is 6.22. The van der Waals surface area contributed by atoms with Gasteiger partial charge in [0, 0.05) is 10.9 Å². The number of carbonyl (C=O) groups excluding carboxylic acids is 2. The number of hydrogen-bond acceptors (Lipinski definition) is 5. The Labute approximate surface area is 139 Å². The monoisotopic (exact) mass is 326 g/mol. The molecule has 0 unspecified atom stereocenters. The van der Waals surface area contributed by atoms with Crippen molar-refractivity contribution in [1.82, 2.24) is 0 Å². The lowest BCUT2D eigenvalue weighted by atomic mass is 9.93. The number of cyclic esters (lactones) is 2. The number of rotatable bonds is 2. The fourth-order valence-corrected chi connectivity index (χ4v) is 3.10. The molecule has 0 amide bonds. The van der Waals surface area contributed by atoms with Gasteiger partial charge < -0.3 is 13.9 Å². The van der Waals surface area contributed by atoms with Crippen LogP contribution in [0.1, 0.15) is 32.1 Å². The maximum Gasteiger partial charge on any atom is 0.347 e. The summed E-state index contributed by atoms with van der Waals surface area (Å²) in [6.07, 6.45) is 0. The van der Waals surface area contributed by atoms with Crippen LogP contribution in [0.3, 0.4) is 0 Å². The minimum Gasteiger partial charge on any atom is -0.497 e. The van der Waals surface area contributed by atoms with Crippen LogP contribution in [-0.4, -0.2) is 19.0 Å². The SMILES string of the molecule is COc1ccc2oc(C)c(C(C)=C3C(=O)OC(=O)C3=C(C)C)c2c1. The van der Waals surface area contributed by atoms with Gasteiger partial charge in [-0.15, -0.1) is 0 Å². The molecule has 0 atom stereocenters. The van der Waals surface area contributed by atoms with Crippen molar-refractivity contribution in [3.8, 4) is 5.75 Å². The van der Waals surface area contributed by atoms with E-state index in [0.717, 1.165) is 16.5 Å². The molecule has 1 aliphatic rings. The lowest BCUT2D eigenvalue weighted by Crippen LogP contribution is -2.00. The summed E-state index contributed by atoms with van der Waals surface area (Å²) in [6.45, 7) is 7.20. The van der Waals surface area contributed by atoms with E-state index in [-0.39, 0.29) is 0 Å². The molecule has 0 spiro atoms. The van der Waals surface area contributed by atoms with Gasteiger partial charge in [-0.25, -0.2) is 9.59 Å². The van der Waals surface area contributed by atoms with Gasteiger partial charge in [-0.1, -0.05) is 5.57 Å². The zero-order valence-corrected chi connectivity index (χ0v) is 14.3. The van der Waals surface area contributed by atoms with Crippen LogP contribution in [0.2, 0.25) is 0 Å². The second kappa shape index (κ2) is 5.67. The number of furan rings is 1. The third-order valence-corrected chi connectivity index (χ3v) is 4.16. The fraction of sp³-hybridized carbons (Fsp3) is 0.263. The lowest BCUT2D eigenvalue weighted by molar-refractivity contribution is -0.149. The number of hydrogen-bond donors (Lipinski definition) is 0. The maximum absolute atomic E-state index is 12.2. The number of methoxy groups -OCH3 is 1. The zero-order valence-electron chi connectivity index (χ0n) is 14.3. The Morgan fingerprint density at radius 1 is 1.04 bits per heavy atom. The van der Waals surface area contributed by atoms with E-state index < -0.39 is 11.9 Å². The standard InChI is InChI=1S/C19H18O5/c1-9(2)15-17(19(21)24-18(15)20)10(3)16-11(4)23-14-7-6-12(22-5)8-13(14)16/h6-8H,1-5H3. The molecule has 0 radical (unpaired) electrons. The smallest absolute Gasteiger partial charge is 0.347 e. The Morgan fingerprint density at radius 2 is 1.71 bits per heavy atom. The van der Waals surface area contributed by atoms with Gasteiger partial charge in [0.15, 0.2) is 0 Å². The van der Waals surface area contributed by atoms with E-state index in [1.54, 1.807) is 27.9 Å². The highest BCUT2D eigenvalue weighted by atomic mass is 16.6. The van der Waals surface area contributed by atoms with Crippen LogP contribution in [-0.2, 0) is 14.3 Å². The fourth-order valence-electron chi connectivity index (χ4n) is 3.10. The summed E-state index contributed by atoms with van der Waals surface area (Å²) in [5.41, 5.74) is 3.50. The minimum absolute atomic E-state index is 0.300. The van der Waals surface area contributed by atoms with Gasteiger partial charge >= 0.3 is 11.9 Å². The molecule has 5 nitrogen and oxygen atoms in total. The van der Waals surface area contributed by atoms with Crippen LogP contribution in [0.4, 0.5) is 0 Å². The van der Waals surface area contributed by atoms with Gasteiger partial charge in [-0.3, -0.25) is 0 Å². The Kier molecular flexibility index (Phi) is 3.79. The van der Waals surface area contributed by atoms with E-state index in [4.69, 9.17) is 13.9 Å². The minimum atomic E-state index is -0.620. The molecule has 5 heteroatoms. The number of esters is 2. The molecule has 3 rings (SSSR count). The van der Waals surface area contributed by atoms with Crippen LogP contribution in [0.25, 0.3) is 16.5 Å². The molecule has 1 saturated heterocycles. The van der Waals surface area contributed by atoms with Crippen LogP contribution < -0.4 is 4.74 Å². The van der Waals surface area contributed by atoms with E-state index in [0.29, 0.717) is 33.8 Å². The largest absolute Gasteiger partial charge is 0.497 e.